The molecule has 4 heteroatoms. The van der Waals surface area contributed by atoms with E-state index in [-0.39, 0.29) is 11.6 Å². The van der Waals surface area contributed by atoms with Crippen LogP contribution in [0.2, 0.25) is 0 Å². The molecule has 4 nitrogen and oxygen atoms in total. The molecule has 1 aromatic carbocycles. The summed E-state index contributed by atoms with van der Waals surface area (Å²) in [5, 5.41) is 2.97. The molecule has 2 aromatic rings. The highest BCUT2D eigenvalue weighted by Crippen LogP contribution is 2.11. The van der Waals surface area contributed by atoms with Gasteiger partial charge in [0.25, 0.3) is 5.56 Å². The van der Waals surface area contributed by atoms with Crippen LogP contribution >= 0.6 is 0 Å². The minimum absolute atomic E-state index is 0.0872. The minimum atomic E-state index is 0.0872. The summed E-state index contributed by atoms with van der Waals surface area (Å²) in [7, 11) is 0. The number of nitrogens with two attached hydrogens (primary N) is 1. The molecule has 0 saturated heterocycles. The Bertz CT molecular complexity index is 633. The Morgan fingerprint density at radius 1 is 1.25 bits per heavy atom. The number of para-hydroxylation sites is 1. The number of hydrogen-bond donors (Lipinski definition) is 1. The van der Waals surface area contributed by atoms with Gasteiger partial charge in [-0.1, -0.05) is 26.0 Å². The molecule has 1 aromatic heterocycles. The average Bonchev–Trinajstić information content (AvgIpc) is 2.47. The lowest BCUT2D eigenvalue weighted by molar-refractivity contribution is -0.694. The van der Waals surface area contributed by atoms with E-state index in [1.165, 1.54) is 0 Å². The zero-order valence-electron chi connectivity index (χ0n) is 12.6. The highest BCUT2D eigenvalue weighted by Gasteiger charge is 2.17. The third-order valence-corrected chi connectivity index (χ3v) is 3.55. The van der Waals surface area contributed by atoms with Gasteiger partial charge in [0.2, 0.25) is 0 Å². The molecule has 0 bridgehead atoms. The van der Waals surface area contributed by atoms with E-state index in [0.29, 0.717) is 5.39 Å². The van der Waals surface area contributed by atoms with Crippen molar-refractivity contribution in [2.24, 2.45) is 0 Å². The van der Waals surface area contributed by atoms with Gasteiger partial charge in [0.05, 0.1) is 17.4 Å². The first-order valence-electron chi connectivity index (χ1n) is 7.51. The van der Waals surface area contributed by atoms with Crippen LogP contribution in [0.25, 0.3) is 10.9 Å². The topological polar surface area (TPSA) is 51.5 Å². The van der Waals surface area contributed by atoms with Crippen molar-refractivity contribution < 1.29 is 5.32 Å². The molecule has 1 heterocycles. The quantitative estimate of drug-likeness (QED) is 0.874. The third kappa shape index (κ3) is 2.90. The third-order valence-electron chi connectivity index (χ3n) is 3.55. The van der Waals surface area contributed by atoms with Crippen LogP contribution in [0.3, 0.4) is 0 Å². The lowest BCUT2D eigenvalue weighted by atomic mass is 10.2. The zero-order chi connectivity index (χ0) is 14.5. The second kappa shape index (κ2) is 6.66. The van der Waals surface area contributed by atoms with Crippen molar-refractivity contribution >= 4 is 10.9 Å². The van der Waals surface area contributed by atoms with Gasteiger partial charge >= 0.3 is 0 Å². The second-order valence-corrected chi connectivity index (χ2v) is 5.26. The van der Waals surface area contributed by atoms with Gasteiger partial charge in [-0.3, -0.25) is 9.36 Å². The van der Waals surface area contributed by atoms with E-state index < -0.39 is 0 Å². The second-order valence-electron chi connectivity index (χ2n) is 5.26. The smallest absolute Gasteiger partial charge is 0.261 e. The van der Waals surface area contributed by atoms with Crippen molar-refractivity contribution in [1.29, 1.82) is 0 Å². The fraction of sp³-hybridized carbons (Fsp3) is 0.500. The summed E-state index contributed by atoms with van der Waals surface area (Å²) >= 11 is 0. The predicted octanol–water partition coefficient (Wildman–Crippen LogP) is 1.84. The van der Waals surface area contributed by atoms with Crippen LogP contribution in [0.4, 0.5) is 0 Å². The van der Waals surface area contributed by atoms with E-state index in [1.54, 1.807) is 0 Å². The number of benzene rings is 1. The van der Waals surface area contributed by atoms with E-state index >= 15 is 0 Å². The zero-order valence-corrected chi connectivity index (χ0v) is 12.6. The molecule has 0 fully saturated rings. The Balaban J connectivity index is 2.56. The van der Waals surface area contributed by atoms with Crippen molar-refractivity contribution in [2.75, 3.05) is 6.54 Å². The Morgan fingerprint density at radius 3 is 2.70 bits per heavy atom. The summed E-state index contributed by atoms with van der Waals surface area (Å²) in [6, 6.07) is 7.82. The summed E-state index contributed by atoms with van der Waals surface area (Å²) in [4.78, 5) is 17.4. The normalized spacial score (nSPS) is 12.8. The maximum absolute atomic E-state index is 12.6. The van der Waals surface area contributed by atoms with Gasteiger partial charge in [0, 0.05) is 6.54 Å². The number of quaternary nitrogens is 1. The Morgan fingerprint density at radius 2 is 2.00 bits per heavy atom. The lowest BCUT2D eigenvalue weighted by Gasteiger charge is -2.16. The highest BCUT2D eigenvalue weighted by molar-refractivity contribution is 5.77. The van der Waals surface area contributed by atoms with Crippen molar-refractivity contribution in [3.63, 3.8) is 0 Å². The SMILES string of the molecule is CCC[NH2+][C@H](C)c1nc2ccccc2c(=O)n1CCC. The van der Waals surface area contributed by atoms with Crippen molar-refractivity contribution in [3.8, 4) is 0 Å². The number of fused-ring (bicyclic) bond motifs is 1. The minimum Gasteiger partial charge on any atom is -0.338 e. The highest BCUT2D eigenvalue weighted by atomic mass is 16.1. The molecule has 108 valence electrons. The van der Waals surface area contributed by atoms with Crippen LogP contribution < -0.4 is 10.9 Å². The number of hydrogen-bond acceptors (Lipinski definition) is 2. The van der Waals surface area contributed by atoms with E-state index in [2.05, 4.69) is 26.1 Å². The standard InChI is InChI=1S/C16H23N3O/c1-4-10-17-12(3)15-18-14-9-7-6-8-13(14)16(20)19(15)11-5-2/h6-9,12,17H,4-5,10-11H2,1-3H3/p+1/t12-/m1/s1. The molecule has 1 atom stereocenters. The van der Waals surface area contributed by atoms with E-state index in [0.717, 1.165) is 37.3 Å². The van der Waals surface area contributed by atoms with Crippen molar-refractivity contribution in [1.82, 2.24) is 9.55 Å². The molecule has 2 N–H and O–H groups in total. The average molecular weight is 274 g/mol. The first kappa shape index (κ1) is 14.7. The first-order chi connectivity index (χ1) is 9.69. The van der Waals surface area contributed by atoms with Gasteiger partial charge in [0.1, 0.15) is 6.04 Å². The van der Waals surface area contributed by atoms with Crippen molar-refractivity contribution in [2.45, 2.75) is 46.2 Å². The predicted molar refractivity (Wildman–Crippen MR) is 81.8 cm³/mol. The molecule has 0 radical (unpaired) electrons. The Kier molecular flexibility index (Phi) is 4.90. The Labute approximate surface area is 119 Å². The van der Waals surface area contributed by atoms with Crippen LogP contribution in [0.5, 0.6) is 0 Å². The maximum Gasteiger partial charge on any atom is 0.261 e. The molecular formula is C16H24N3O+. The van der Waals surface area contributed by atoms with Crippen molar-refractivity contribution in [3.05, 3.63) is 40.4 Å². The number of aromatic nitrogens is 2. The fourth-order valence-corrected chi connectivity index (χ4v) is 2.49. The van der Waals surface area contributed by atoms with Gasteiger partial charge in [-0.05, 0) is 31.9 Å². The molecule has 0 spiro atoms. The van der Waals surface area contributed by atoms with Gasteiger partial charge < -0.3 is 5.32 Å². The van der Waals surface area contributed by atoms with Crippen LogP contribution in [-0.2, 0) is 6.54 Å². The molecular weight excluding hydrogens is 250 g/mol. The lowest BCUT2D eigenvalue weighted by Crippen LogP contribution is -2.85. The first-order valence-corrected chi connectivity index (χ1v) is 7.51. The molecule has 0 aliphatic rings. The number of nitrogens with zero attached hydrogens (tertiary/aromatic N) is 2. The van der Waals surface area contributed by atoms with Crippen LogP contribution in [0.1, 0.15) is 45.5 Å². The van der Waals surface area contributed by atoms with E-state index in [9.17, 15) is 4.79 Å². The van der Waals surface area contributed by atoms with Gasteiger partial charge in [-0.15, -0.1) is 0 Å². The molecule has 0 aliphatic heterocycles. The molecule has 20 heavy (non-hydrogen) atoms. The van der Waals surface area contributed by atoms with Gasteiger partial charge in [0.15, 0.2) is 5.82 Å². The molecule has 0 unspecified atom stereocenters. The summed E-state index contributed by atoms with van der Waals surface area (Å²) in [5.41, 5.74) is 0.890. The summed E-state index contributed by atoms with van der Waals surface area (Å²) in [6.45, 7) is 8.16. The summed E-state index contributed by atoms with van der Waals surface area (Å²) < 4.78 is 1.85. The van der Waals surface area contributed by atoms with E-state index in [1.807, 2.05) is 28.8 Å². The Hall–Kier alpha value is -1.68. The van der Waals surface area contributed by atoms with Crippen LogP contribution in [-0.4, -0.2) is 16.1 Å². The fourth-order valence-electron chi connectivity index (χ4n) is 2.49. The van der Waals surface area contributed by atoms with Crippen LogP contribution in [0.15, 0.2) is 29.1 Å². The molecule has 2 rings (SSSR count). The summed E-state index contributed by atoms with van der Waals surface area (Å²) in [6.07, 6.45) is 2.06. The monoisotopic (exact) mass is 274 g/mol. The number of rotatable bonds is 6. The van der Waals surface area contributed by atoms with E-state index in [4.69, 9.17) is 4.98 Å². The molecule has 0 saturated carbocycles. The summed E-state index contributed by atoms with van der Waals surface area (Å²) in [5.74, 6) is 0.893. The molecule has 0 amide bonds. The van der Waals surface area contributed by atoms with Gasteiger partial charge in [-0.2, -0.15) is 0 Å². The van der Waals surface area contributed by atoms with Gasteiger partial charge in [-0.25, -0.2) is 4.98 Å². The molecule has 0 aliphatic carbocycles. The van der Waals surface area contributed by atoms with Crippen LogP contribution in [0, 0.1) is 0 Å². The largest absolute Gasteiger partial charge is 0.338 e. The maximum atomic E-state index is 12.6.